The van der Waals surface area contributed by atoms with Gasteiger partial charge in [0.25, 0.3) is 5.69 Å². The lowest BCUT2D eigenvalue weighted by Gasteiger charge is -2.25. The second-order valence-electron chi connectivity index (χ2n) is 5.64. The fourth-order valence-electron chi connectivity index (χ4n) is 2.25. The second-order valence-corrected chi connectivity index (χ2v) is 5.64. The molecule has 7 nitrogen and oxygen atoms in total. The number of non-ortho nitro benzene ring substituents is 1. The van der Waals surface area contributed by atoms with Gasteiger partial charge in [-0.3, -0.25) is 10.1 Å². The van der Waals surface area contributed by atoms with Gasteiger partial charge in [-0.1, -0.05) is 12.1 Å². The molecule has 0 heterocycles. The molecule has 0 bridgehead atoms. The van der Waals surface area contributed by atoms with Gasteiger partial charge in [0.1, 0.15) is 5.75 Å². The summed E-state index contributed by atoms with van der Waals surface area (Å²) in [4.78, 5) is 24.0. The highest BCUT2D eigenvalue weighted by Gasteiger charge is 2.31. The number of amides is 2. The molecule has 0 saturated carbocycles. The second kappa shape index (κ2) is 7.94. The van der Waals surface area contributed by atoms with E-state index in [2.05, 4.69) is 10.1 Å². The lowest BCUT2D eigenvalue weighted by Crippen LogP contribution is -2.33. The molecular formula is C17H16F3N3O4. The SMILES string of the molecule is C[C@@H](c1cccc([N+](=O)[O-])c1)N(C)C(=O)Nc1ccc(OC(F)(F)F)cc1. The van der Waals surface area contributed by atoms with Gasteiger partial charge in [-0.15, -0.1) is 13.2 Å². The summed E-state index contributed by atoms with van der Waals surface area (Å²) in [7, 11) is 1.50. The molecule has 0 radical (unpaired) electrons. The number of halogens is 3. The van der Waals surface area contributed by atoms with E-state index in [9.17, 15) is 28.1 Å². The van der Waals surface area contributed by atoms with Crippen LogP contribution in [0.4, 0.5) is 29.3 Å². The Labute approximate surface area is 152 Å². The summed E-state index contributed by atoms with van der Waals surface area (Å²) in [6.07, 6.45) is -4.79. The van der Waals surface area contributed by atoms with E-state index in [-0.39, 0.29) is 11.4 Å². The number of nitro benzene ring substituents is 1. The van der Waals surface area contributed by atoms with Crippen molar-refractivity contribution in [2.45, 2.75) is 19.3 Å². The molecular weight excluding hydrogens is 367 g/mol. The van der Waals surface area contributed by atoms with Crippen molar-refractivity contribution in [3.63, 3.8) is 0 Å². The Morgan fingerprint density at radius 2 is 1.85 bits per heavy atom. The van der Waals surface area contributed by atoms with Crippen LogP contribution in [0.2, 0.25) is 0 Å². The zero-order valence-electron chi connectivity index (χ0n) is 14.4. The topological polar surface area (TPSA) is 84.7 Å². The summed E-state index contributed by atoms with van der Waals surface area (Å²) in [6.45, 7) is 1.69. The predicted molar refractivity (Wildman–Crippen MR) is 91.4 cm³/mol. The molecule has 1 atom stereocenters. The standard InChI is InChI=1S/C17H16F3N3O4/c1-11(12-4-3-5-14(10-12)23(25)26)22(2)16(24)21-13-6-8-15(9-7-13)27-17(18,19)20/h3-11H,1-2H3,(H,21,24)/t11-/m0/s1. The Kier molecular flexibility index (Phi) is 5.88. The van der Waals surface area contributed by atoms with Crippen LogP contribution in [-0.2, 0) is 0 Å². The molecule has 2 aromatic rings. The molecule has 0 aliphatic rings. The summed E-state index contributed by atoms with van der Waals surface area (Å²) in [5.41, 5.74) is 0.747. The van der Waals surface area contributed by atoms with Crippen LogP contribution in [0.1, 0.15) is 18.5 Å². The summed E-state index contributed by atoms with van der Waals surface area (Å²) in [5, 5.41) is 13.4. The van der Waals surface area contributed by atoms with Crippen LogP contribution >= 0.6 is 0 Å². The number of carbonyl (C=O) groups is 1. The van der Waals surface area contributed by atoms with Crippen molar-refractivity contribution < 1.29 is 27.6 Å². The van der Waals surface area contributed by atoms with E-state index in [4.69, 9.17) is 0 Å². The number of hydrogen-bond acceptors (Lipinski definition) is 4. The van der Waals surface area contributed by atoms with Crippen molar-refractivity contribution in [2.75, 3.05) is 12.4 Å². The van der Waals surface area contributed by atoms with Crippen molar-refractivity contribution in [1.29, 1.82) is 0 Å². The molecule has 2 rings (SSSR count). The van der Waals surface area contributed by atoms with Gasteiger partial charge in [-0.05, 0) is 36.8 Å². The van der Waals surface area contributed by atoms with E-state index in [1.165, 1.54) is 42.3 Å². The lowest BCUT2D eigenvalue weighted by atomic mass is 10.1. The molecule has 10 heteroatoms. The number of urea groups is 1. The first-order valence-electron chi connectivity index (χ1n) is 7.71. The van der Waals surface area contributed by atoms with E-state index in [0.717, 1.165) is 12.1 Å². The van der Waals surface area contributed by atoms with Gasteiger partial charge in [0.15, 0.2) is 0 Å². The quantitative estimate of drug-likeness (QED) is 0.598. The Morgan fingerprint density at radius 3 is 2.41 bits per heavy atom. The van der Waals surface area contributed by atoms with Crippen molar-refractivity contribution >= 4 is 17.4 Å². The average molecular weight is 383 g/mol. The number of alkyl halides is 3. The molecule has 2 amide bonds. The summed E-state index contributed by atoms with van der Waals surface area (Å²) >= 11 is 0. The van der Waals surface area contributed by atoms with Crippen LogP contribution < -0.4 is 10.1 Å². The summed E-state index contributed by atoms with van der Waals surface area (Å²) in [5.74, 6) is -0.404. The maximum absolute atomic E-state index is 12.3. The number of carbonyl (C=O) groups excluding carboxylic acids is 1. The van der Waals surface area contributed by atoms with Crippen LogP contribution in [0.3, 0.4) is 0 Å². The Balaban J connectivity index is 2.04. The fraction of sp³-hybridized carbons (Fsp3) is 0.235. The monoisotopic (exact) mass is 383 g/mol. The highest BCUT2D eigenvalue weighted by Crippen LogP contribution is 2.26. The van der Waals surface area contributed by atoms with Crippen molar-refractivity contribution in [3.05, 3.63) is 64.2 Å². The molecule has 0 unspecified atom stereocenters. The van der Waals surface area contributed by atoms with Crippen LogP contribution in [0, 0.1) is 10.1 Å². The largest absolute Gasteiger partial charge is 0.573 e. The minimum absolute atomic E-state index is 0.0894. The van der Waals surface area contributed by atoms with Gasteiger partial charge in [-0.2, -0.15) is 0 Å². The maximum atomic E-state index is 12.3. The third-order valence-electron chi connectivity index (χ3n) is 3.80. The minimum Gasteiger partial charge on any atom is -0.406 e. The first-order valence-corrected chi connectivity index (χ1v) is 7.71. The summed E-state index contributed by atoms with van der Waals surface area (Å²) in [6, 6.07) is 9.59. The molecule has 0 aromatic heterocycles. The predicted octanol–water partition coefficient (Wildman–Crippen LogP) is 4.72. The molecule has 27 heavy (non-hydrogen) atoms. The van der Waals surface area contributed by atoms with Crippen LogP contribution in [0.25, 0.3) is 0 Å². The van der Waals surface area contributed by atoms with Gasteiger partial charge in [0.05, 0.1) is 11.0 Å². The van der Waals surface area contributed by atoms with E-state index in [1.807, 2.05) is 0 Å². The number of anilines is 1. The molecule has 1 N–H and O–H groups in total. The number of nitro groups is 1. The molecule has 0 aliphatic carbocycles. The van der Waals surface area contributed by atoms with Crippen LogP contribution in [-0.4, -0.2) is 29.3 Å². The van der Waals surface area contributed by atoms with Crippen molar-refractivity contribution in [2.24, 2.45) is 0 Å². The highest BCUT2D eigenvalue weighted by atomic mass is 19.4. The van der Waals surface area contributed by atoms with Crippen LogP contribution in [0.15, 0.2) is 48.5 Å². The van der Waals surface area contributed by atoms with Gasteiger partial charge >= 0.3 is 12.4 Å². The smallest absolute Gasteiger partial charge is 0.406 e. The van der Waals surface area contributed by atoms with Gasteiger partial charge < -0.3 is 15.0 Å². The minimum atomic E-state index is -4.79. The van der Waals surface area contributed by atoms with E-state index >= 15 is 0 Å². The molecule has 0 spiro atoms. The molecule has 0 saturated heterocycles. The third kappa shape index (κ3) is 5.59. The number of hydrogen-bond donors (Lipinski definition) is 1. The van der Waals surface area contributed by atoms with Crippen LogP contribution in [0.5, 0.6) is 5.75 Å². The van der Waals surface area contributed by atoms with E-state index in [1.54, 1.807) is 13.0 Å². The molecule has 0 aliphatic heterocycles. The van der Waals surface area contributed by atoms with Crippen molar-refractivity contribution in [3.8, 4) is 5.75 Å². The zero-order chi connectivity index (χ0) is 20.2. The van der Waals surface area contributed by atoms with Crippen molar-refractivity contribution in [1.82, 2.24) is 4.90 Å². The third-order valence-corrected chi connectivity index (χ3v) is 3.80. The number of benzene rings is 2. The van der Waals surface area contributed by atoms with Gasteiger partial charge in [0.2, 0.25) is 0 Å². The molecule has 144 valence electrons. The molecule has 0 fully saturated rings. The Hall–Kier alpha value is -3.30. The Morgan fingerprint density at radius 1 is 1.22 bits per heavy atom. The number of ether oxygens (including phenoxy) is 1. The average Bonchev–Trinajstić information content (AvgIpc) is 2.61. The number of nitrogens with one attached hydrogen (secondary N) is 1. The summed E-state index contributed by atoms with van der Waals surface area (Å²) < 4.78 is 40.2. The molecule has 2 aromatic carbocycles. The number of nitrogens with zero attached hydrogens (tertiary/aromatic N) is 2. The number of rotatable bonds is 5. The van der Waals surface area contributed by atoms with Gasteiger partial charge in [0, 0.05) is 24.9 Å². The highest BCUT2D eigenvalue weighted by molar-refractivity contribution is 5.89. The maximum Gasteiger partial charge on any atom is 0.573 e. The van der Waals surface area contributed by atoms with E-state index < -0.39 is 29.1 Å². The normalized spacial score (nSPS) is 12.2. The lowest BCUT2D eigenvalue weighted by molar-refractivity contribution is -0.384. The zero-order valence-corrected chi connectivity index (χ0v) is 14.4. The fourth-order valence-corrected chi connectivity index (χ4v) is 2.25. The first-order chi connectivity index (χ1) is 12.6. The van der Waals surface area contributed by atoms with Gasteiger partial charge in [-0.25, -0.2) is 4.79 Å². The Bertz CT molecular complexity index is 825. The van der Waals surface area contributed by atoms with E-state index in [0.29, 0.717) is 5.56 Å². The first kappa shape index (κ1) is 20.0.